The van der Waals surface area contributed by atoms with E-state index in [4.69, 9.17) is 17.5 Å². The summed E-state index contributed by atoms with van der Waals surface area (Å²) in [5.74, 6) is 0. The monoisotopic (exact) mass is 203 g/mol. The Morgan fingerprint density at radius 1 is 1.17 bits per heavy atom. The Morgan fingerprint density at radius 2 is 1.33 bits per heavy atom. The summed E-state index contributed by atoms with van der Waals surface area (Å²) < 4.78 is 35.9. The molecule has 0 rings (SSSR count). The molecule has 0 saturated heterocycles. The van der Waals surface area contributed by atoms with E-state index < -0.39 is 10.4 Å². The third-order valence-electron chi connectivity index (χ3n) is 0.192. The van der Waals surface area contributed by atoms with E-state index in [1.807, 2.05) is 0 Å². The molecule has 8 heteroatoms. The summed E-state index contributed by atoms with van der Waals surface area (Å²) in [5.41, 5.74) is 0. The lowest BCUT2D eigenvalue weighted by Gasteiger charge is -1.76. The average molecular weight is 203 g/mol. The van der Waals surface area contributed by atoms with Gasteiger partial charge in [0.25, 0.3) is 0 Å². The van der Waals surface area contributed by atoms with E-state index in [0.717, 1.165) is 0 Å². The van der Waals surface area contributed by atoms with Gasteiger partial charge < -0.3 is 16.4 Å². The summed E-state index contributed by atoms with van der Waals surface area (Å²) >= 11 is 0. The molecule has 0 aromatic rings. The van der Waals surface area contributed by atoms with Crippen molar-refractivity contribution in [1.82, 2.24) is 6.15 Å². The molecule has 0 aromatic heterocycles. The van der Waals surface area contributed by atoms with E-state index >= 15 is 0 Å². The van der Waals surface area contributed by atoms with E-state index in [1.165, 1.54) is 12.5 Å². The highest BCUT2D eigenvalue weighted by atomic mass is 32.3. The molecule has 7 nitrogen and oxygen atoms in total. The summed E-state index contributed by atoms with van der Waals surface area (Å²) in [6.45, 7) is 6.51. The van der Waals surface area contributed by atoms with Crippen molar-refractivity contribution in [2.75, 3.05) is 0 Å². The standard InChI is InChI=1S/C4H6O.H3N.H2O4S.H2O/c1-3-5-4-2;;1-5(2,3)4;/h3-4H,1-2H2;1H3;(H2,1,2,3,4);1H2. The van der Waals surface area contributed by atoms with Gasteiger partial charge in [-0.2, -0.15) is 8.42 Å². The number of hydrogen-bond donors (Lipinski definition) is 3. The predicted octanol–water partition coefficient (Wildman–Crippen LogP) is -0.0255. The maximum absolute atomic E-state index is 8.74. The first-order valence-electron chi connectivity index (χ1n) is 1.99. The molecule has 0 amide bonds. The highest BCUT2D eigenvalue weighted by Gasteiger charge is 1.84. The van der Waals surface area contributed by atoms with Crippen LogP contribution in [0.5, 0.6) is 0 Å². The molecule has 76 valence electrons. The molecule has 0 unspecified atom stereocenters. The molecular weight excluding hydrogens is 190 g/mol. The van der Waals surface area contributed by atoms with Crippen LogP contribution in [0.1, 0.15) is 0 Å². The van der Waals surface area contributed by atoms with E-state index in [2.05, 4.69) is 17.9 Å². The van der Waals surface area contributed by atoms with Crippen LogP contribution in [0.25, 0.3) is 0 Å². The fourth-order valence-corrected chi connectivity index (χ4v) is 0.0680. The minimum absolute atomic E-state index is 0. The number of hydrogen-bond acceptors (Lipinski definition) is 4. The summed E-state index contributed by atoms with van der Waals surface area (Å²) in [7, 11) is -4.67. The zero-order valence-electron chi connectivity index (χ0n) is 6.30. The lowest BCUT2D eigenvalue weighted by molar-refractivity contribution is 0.381. The first-order valence-corrected chi connectivity index (χ1v) is 3.38. The Balaban J connectivity index is -0.0000000457. The van der Waals surface area contributed by atoms with E-state index in [-0.39, 0.29) is 11.6 Å². The van der Waals surface area contributed by atoms with Gasteiger partial charge in [0, 0.05) is 0 Å². The van der Waals surface area contributed by atoms with Crippen molar-refractivity contribution in [2.45, 2.75) is 0 Å². The van der Waals surface area contributed by atoms with Gasteiger partial charge in [-0.1, -0.05) is 13.2 Å². The minimum atomic E-state index is -4.67. The summed E-state index contributed by atoms with van der Waals surface area (Å²) in [5, 5.41) is 0. The Bertz CT molecular complexity index is 172. The average Bonchev–Trinajstić information content (AvgIpc) is 1.63. The van der Waals surface area contributed by atoms with Crippen LogP contribution in [0, 0.1) is 0 Å². The van der Waals surface area contributed by atoms with Crippen molar-refractivity contribution in [1.29, 1.82) is 0 Å². The molecule has 0 spiro atoms. The van der Waals surface area contributed by atoms with Crippen LogP contribution in [0.15, 0.2) is 25.7 Å². The normalized spacial score (nSPS) is 7.17. The van der Waals surface area contributed by atoms with Crippen LogP contribution in [0.2, 0.25) is 0 Å². The molecule has 0 aliphatic rings. The van der Waals surface area contributed by atoms with E-state index in [0.29, 0.717) is 0 Å². The highest BCUT2D eigenvalue weighted by molar-refractivity contribution is 7.79. The Kier molecular flexibility index (Phi) is 23.8. The number of ether oxygens (including phenoxy) is 1. The van der Waals surface area contributed by atoms with Crippen LogP contribution >= 0.6 is 0 Å². The fourth-order valence-electron chi connectivity index (χ4n) is 0.0680. The van der Waals surface area contributed by atoms with Crippen molar-refractivity contribution in [3.8, 4) is 0 Å². The maximum atomic E-state index is 8.74. The summed E-state index contributed by atoms with van der Waals surface area (Å²) in [4.78, 5) is 0. The van der Waals surface area contributed by atoms with Crippen molar-refractivity contribution in [3.05, 3.63) is 25.7 Å². The third-order valence-corrected chi connectivity index (χ3v) is 0.192. The zero-order valence-corrected chi connectivity index (χ0v) is 7.12. The second-order valence-electron chi connectivity index (χ2n) is 0.917. The Morgan fingerprint density at radius 3 is 1.33 bits per heavy atom. The maximum Gasteiger partial charge on any atom is 0.394 e. The molecule has 0 fully saturated rings. The van der Waals surface area contributed by atoms with Crippen molar-refractivity contribution in [2.24, 2.45) is 0 Å². The molecule has 0 aromatic carbocycles. The third kappa shape index (κ3) is 516. The first-order chi connectivity index (χ1) is 4.41. The molecule has 0 bridgehead atoms. The van der Waals surface area contributed by atoms with Gasteiger partial charge >= 0.3 is 10.4 Å². The largest absolute Gasteiger partial charge is 0.474 e. The fraction of sp³-hybridized carbons (Fsp3) is 0. The molecule has 0 atom stereocenters. The van der Waals surface area contributed by atoms with Crippen molar-refractivity contribution < 1.29 is 27.7 Å². The lowest BCUT2D eigenvalue weighted by Crippen LogP contribution is -1.89. The Labute approximate surface area is 70.8 Å². The van der Waals surface area contributed by atoms with Crippen LogP contribution in [-0.4, -0.2) is 23.0 Å². The molecule has 0 aliphatic heterocycles. The molecule has 7 N–H and O–H groups in total. The van der Waals surface area contributed by atoms with E-state index in [9.17, 15) is 0 Å². The summed E-state index contributed by atoms with van der Waals surface area (Å²) in [6.07, 6.45) is 2.62. The quantitative estimate of drug-likeness (QED) is 0.423. The van der Waals surface area contributed by atoms with E-state index in [1.54, 1.807) is 0 Å². The van der Waals surface area contributed by atoms with Gasteiger partial charge in [-0.3, -0.25) is 9.11 Å². The molecule has 12 heavy (non-hydrogen) atoms. The van der Waals surface area contributed by atoms with Crippen molar-refractivity contribution in [3.63, 3.8) is 0 Å². The smallest absolute Gasteiger partial charge is 0.394 e. The van der Waals surface area contributed by atoms with Crippen LogP contribution in [-0.2, 0) is 15.1 Å². The van der Waals surface area contributed by atoms with Gasteiger partial charge in [0.05, 0.1) is 12.5 Å². The van der Waals surface area contributed by atoms with Crippen LogP contribution in [0.4, 0.5) is 0 Å². The SMILES string of the molecule is C=COC=C.N.O.O=S(=O)(O)O. The van der Waals surface area contributed by atoms with Crippen molar-refractivity contribution >= 4 is 10.4 Å². The van der Waals surface area contributed by atoms with Gasteiger partial charge in [0.2, 0.25) is 0 Å². The molecular formula is C4H13NO6S. The second-order valence-corrected chi connectivity index (χ2v) is 1.81. The lowest BCUT2D eigenvalue weighted by atomic mass is 11.1. The van der Waals surface area contributed by atoms with Gasteiger partial charge in [-0.25, -0.2) is 0 Å². The molecule has 0 radical (unpaired) electrons. The molecule has 0 heterocycles. The van der Waals surface area contributed by atoms with Gasteiger partial charge in [-0.15, -0.1) is 0 Å². The number of rotatable bonds is 2. The second kappa shape index (κ2) is 12.7. The topological polar surface area (TPSA) is 150 Å². The van der Waals surface area contributed by atoms with Gasteiger partial charge in [0.1, 0.15) is 0 Å². The molecule has 0 saturated carbocycles. The van der Waals surface area contributed by atoms with Gasteiger partial charge in [-0.05, 0) is 0 Å². The first kappa shape index (κ1) is 22.5. The zero-order chi connectivity index (χ0) is 8.62. The van der Waals surface area contributed by atoms with Crippen LogP contribution in [0.3, 0.4) is 0 Å². The molecule has 0 aliphatic carbocycles. The predicted molar refractivity (Wildman–Crippen MR) is 44.3 cm³/mol. The highest BCUT2D eigenvalue weighted by Crippen LogP contribution is 1.65. The van der Waals surface area contributed by atoms with Crippen LogP contribution < -0.4 is 6.15 Å². The Hall–Kier alpha value is -0.930. The van der Waals surface area contributed by atoms with Gasteiger partial charge in [0.15, 0.2) is 0 Å². The minimum Gasteiger partial charge on any atom is -0.474 e. The summed E-state index contributed by atoms with van der Waals surface area (Å²) in [6, 6.07) is 0.